The number of nitrogens with one attached hydrogen (secondary N) is 2. The van der Waals surface area contributed by atoms with Gasteiger partial charge in [0.2, 0.25) is 5.91 Å². The third-order valence-corrected chi connectivity index (χ3v) is 2.97. The van der Waals surface area contributed by atoms with Crippen molar-refractivity contribution in [2.45, 2.75) is 38.5 Å². The highest BCUT2D eigenvalue weighted by molar-refractivity contribution is 5.89. The summed E-state index contributed by atoms with van der Waals surface area (Å²) in [6.45, 7) is 0. The number of hydrogen-bond acceptors (Lipinski definition) is 2. The van der Waals surface area contributed by atoms with E-state index in [1.807, 2.05) is 0 Å². The smallest absolute Gasteiger partial charge is 0.225 e. The van der Waals surface area contributed by atoms with Gasteiger partial charge in [-0.25, -0.2) is 0 Å². The zero-order valence-electron chi connectivity index (χ0n) is 8.83. The normalized spacial score (nSPS) is 17.6. The molecule has 0 unspecified atom stereocenters. The molecule has 2 N–H and O–H groups in total. The first-order chi connectivity index (χ1) is 7.34. The van der Waals surface area contributed by atoms with Crippen LogP contribution in [-0.2, 0) is 4.79 Å². The Kier molecular flexibility index (Phi) is 3.37. The van der Waals surface area contributed by atoms with Crippen LogP contribution in [-0.4, -0.2) is 16.1 Å². The third-order valence-electron chi connectivity index (χ3n) is 2.97. The lowest BCUT2D eigenvalue weighted by Crippen LogP contribution is -2.18. The summed E-state index contributed by atoms with van der Waals surface area (Å²) in [5.74, 6) is 1.38. The molecule has 4 heteroatoms. The fraction of sp³-hybridized carbons (Fsp3) is 0.636. The highest BCUT2D eigenvalue weighted by Gasteiger charge is 2.17. The lowest BCUT2D eigenvalue weighted by atomic mass is 9.87. The number of anilines is 1. The highest BCUT2D eigenvalue weighted by atomic mass is 16.1. The molecule has 82 valence electrons. The van der Waals surface area contributed by atoms with Gasteiger partial charge in [0.25, 0.3) is 0 Å². The van der Waals surface area contributed by atoms with Crippen molar-refractivity contribution >= 4 is 11.7 Å². The van der Waals surface area contributed by atoms with Crippen molar-refractivity contribution in [3.8, 4) is 0 Å². The molecule has 0 aromatic carbocycles. The molecular formula is C11H17N3O. The zero-order chi connectivity index (χ0) is 10.5. The van der Waals surface area contributed by atoms with E-state index in [1.54, 1.807) is 12.3 Å². The molecule has 0 saturated heterocycles. The van der Waals surface area contributed by atoms with Gasteiger partial charge in [0.15, 0.2) is 0 Å². The Morgan fingerprint density at radius 3 is 2.93 bits per heavy atom. The standard InChI is InChI=1S/C11H17N3O/c15-11(13-10-6-7-12-14-10)8-9-4-2-1-3-5-9/h6-7,9H,1-5,8H2,(H2,12,13,14,15). The second-order valence-electron chi connectivity index (χ2n) is 4.23. The number of amides is 1. The first kappa shape index (κ1) is 10.2. The molecule has 1 heterocycles. The van der Waals surface area contributed by atoms with Crippen LogP contribution in [0.1, 0.15) is 38.5 Å². The molecule has 0 atom stereocenters. The van der Waals surface area contributed by atoms with Gasteiger partial charge in [0.05, 0.1) is 6.20 Å². The van der Waals surface area contributed by atoms with Crippen molar-refractivity contribution in [2.75, 3.05) is 5.32 Å². The molecule has 1 aliphatic rings. The maximum Gasteiger partial charge on any atom is 0.225 e. The van der Waals surface area contributed by atoms with E-state index in [0.29, 0.717) is 18.2 Å². The van der Waals surface area contributed by atoms with Crippen molar-refractivity contribution in [1.29, 1.82) is 0 Å². The molecule has 0 radical (unpaired) electrons. The summed E-state index contributed by atoms with van der Waals surface area (Å²) in [5.41, 5.74) is 0. The lowest BCUT2D eigenvalue weighted by Gasteiger charge is -2.20. The predicted octanol–water partition coefficient (Wildman–Crippen LogP) is 2.32. The van der Waals surface area contributed by atoms with Gasteiger partial charge in [-0.05, 0) is 18.8 Å². The monoisotopic (exact) mass is 207 g/mol. The molecule has 1 aromatic rings. The van der Waals surface area contributed by atoms with Crippen LogP contribution in [0.4, 0.5) is 5.82 Å². The summed E-state index contributed by atoms with van der Waals surface area (Å²) in [7, 11) is 0. The quantitative estimate of drug-likeness (QED) is 0.799. The van der Waals surface area contributed by atoms with Crippen molar-refractivity contribution in [3.63, 3.8) is 0 Å². The minimum atomic E-state index is 0.103. The zero-order valence-corrected chi connectivity index (χ0v) is 8.83. The number of aromatic nitrogens is 2. The minimum Gasteiger partial charge on any atom is -0.311 e. The van der Waals surface area contributed by atoms with E-state index < -0.39 is 0 Å². The first-order valence-electron chi connectivity index (χ1n) is 5.64. The molecule has 1 aromatic heterocycles. The molecule has 4 nitrogen and oxygen atoms in total. The van der Waals surface area contributed by atoms with Crippen LogP contribution >= 0.6 is 0 Å². The molecule has 1 amide bonds. The van der Waals surface area contributed by atoms with Crippen LogP contribution in [0.15, 0.2) is 12.3 Å². The average molecular weight is 207 g/mol. The van der Waals surface area contributed by atoms with Gasteiger partial charge in [0, 0.05) is 12.5 Å². The topological polar surface area (TPSA) is 57.8 Å². The van der Waals surface area contributed by atoms with Crippen LogP contribution in [0.3, 0.4) is 0 Å². The second-order valence-corrected chi connectivity index (χ2v) is 4.23. The molecule has 1 saturated carbocycles. The number of aromatic amines is 1. The minimum absolute atomic E-state index is 0.103. The van der Waals surface area contributed by atoms with Crippen molar-refractivity contribution < 1.29 is 4.79 Å². The number of hydrogen-bond donors (Lipinski definition) is 2. The van der Waals surface area contributed by atoms with E-state index >= 15 is 0 Å². The molecule has 0 bridgehead atoms. The van der Waals surface area contributed by atoms with Crippen LogP contribution < -0.4 is 5.32 Å². The molecule has 15 heavy (non-hydrogen) atoms. The summed E-state index contributed by atoms with van der Waals surface area (Å²) < 4.78 is 0. The van der Waals surface area contributed by atoms with Crippen LogP contribution in [0.5, 0.6) is 0 Å². The maximum absolute atomic E-state index is 11.6. The number of carbonyl (C=O) groups is 1. The summed E-state index contributed by atoms with van der Waals surface area (Å²) in [5, 5.41) is 9.32. The van der Waals surface area contributed by atoms with Crippen molar-refractivity contribution in [2.24, 2.45) is 5.92 Å². The molecule has 0 aliphatic heterocycles. The molecule has 2 rings (SSSR count). The fourth-order valence-corrected chi connectivity index (χ4v) is 2.18. The summed E-state index contributed by atoms with van der Waals surface area (Å²) in [6.07, 6.45) is 8.59. The molecular weight excluding hydrogens is 190 g/mol. The maximum atomic E-state index is 11.6. The van der Waals surface area contributed by atoms with E-state index in [4.69, 9.17) is 0 Å². The lowest BCUT2D eigenvalue weighted by molar-refractivity contribution is -0.117. The molecule has 0 spiro atoms. The third kappa shape index (κ3) is 3.08. The van der Waals surface area contributed by atoms with Crippen LogP contribution in [0.2, 0.25) is 0 Å². The van der Waals surface area contributed by atoms with Crippen molar-refractivity contribution in [3.05, 3.63) is 12.3 Å². The van der Waals surface area contributed by atoms with Gasteiger partial charge in [-0.3, -0.25) is 9.89 Å². The Morgan fingerprint density at radius 2 is 2.27 bits per heavy atom. The van der Waals surface area contributed by atoms with E-state index in [1.165, 1.54) is 32.1 Å². The van der Waals surface area contributed by atoms with E-state index in [0.717, 1.165) is 0 Å². The Hall–Kier alpha value is -1.32. The Bertz CT molecular complexity index is 302. The van der Waals surface area contributed by atoms with Crippen molar-refractivity contribution in [1.82, 2.24) is 10.2 Å². The second kappa shape index (κ2) is 4.96. The van der Waals surface area contributed by atoms with Gasteiger partial charge in [-0.2, -0.15) is 5.10 Å². The van der Waals surface area contributed by atoms with Gasteiger partial charge >= 0.3 is 0 Å². The molecule has 1 aliphatic carbocycles. The number of H-pyrrole nitrogens is 1. The van der Waals surface area contributed by atoms with Gasteiger partial charge in [0.1, 0.15) is 5.82 Å². The SMILES string of the molecule is O=C(CC1CCCCC1)Nc1ccn[nH]1. The number of nitrogens with zero attached hydrogens (tertiary/aromatic N) is 1. The highest BCUT2D eigenvalue weighted by Crippen LogP contribution is 2.26. The van der Waals surface area contributed by atoms with Gasteiger partial charge in [-0.15, -0.1) is 0 Å². The van der Waals surface area contributed by atoms with E-state index in [-0.39, 0.29) is 5.91 Å². The van der Waals surface area contributed by atoms with E-state index in [9.17, 15) is 4.79 Å². The predicted molar refractivity (Wildman–Crippen MR) is 58.4 cm³/mol. The fourth-order valence-electron chi connectivity index (χ4n) is 2.18. The summed E-state index contributed by atoms with van der Waals surface area (Å²) in [4.78, 5) is 11.6. The van der Waals surface area contributed by atoms with Gasteiger partial charge < -0.3 is 5.32 Å². The summed E-state index contributed by atoms with van der Waals surface area (Å²) in [6, 6.07) is 1.76. The van der Waals surface area contributed by atoms with Crippen LogP contribution in [0.25, 0.3) is 0 Å². The van der Waals surface area contributed by atoms with Gasteiger partial charge in [-0.1, -0.05) is 19.3 Å². The van der Waals surface area contributed by atoms with E-state index in [2.05, 4.69) is 15.5 Å². The Morgan fingerprint density at radius 1 is 1.47 bits per heavy atom. The first-order valence-corrected chi connectivity index (χ1v) is 5.64. The van der Waals surface area contributed by atoms with Crippen LogP contribution in [0, 0.1) is 5.92 Å². The molecule has 1 fully saturated rings. The average Bonchev–Trinajstić information content (AvgIpc) is 2.71. The Balaban J connectivity index is 1.76. The summed E-state index contributed by atoms with van der Waals surface area (Å²) >= 11 is 0. The largest absolute Gasteiger partial charge is 0.311 e. The number of carbonyl (C=O) groups excluding carboxylic acids is 1. The Labute approximate surface area is 89.5 Å². The number of rotatable bonds is 3.